The monoisotopic (exact) mass is 378 g/mol. The lowest BCUT2D eigenvalue weighted by Gasteiger charge is -2.35. The first kappa shape index (κ1) is 18.0. The van der Waals surface area contributed by atoms with Gasteiger partial charge in [0, 0.05) is 30.4 Å². The Morgan fingerprint density at radius 2 is 2.04 bits per heavy atom. The van der Waals surface area contributed by atoms with E-state index in [0.717, 1.165) is 36.2 Å². The summed E-state index contributed by atoms with van der Waals surface area (Å²) in [6, 6.07) is 1.10. The van der Waals surface area contributed by atoms with Crippen LogP contribution in [0.5, 0.6) is 0 Å². The molecule has 6 nitrogen and oxygen atoms in total. The summed E-state index contributed by atoms with van der Waals surface area (Å²) in [6.45, 7) is 5.77. The van der Waals surface area contributed by atoms with Gasteiger partial charge in [0.1, 0.15) is 4.90 Å². The van der Waals surface area contributed by atoms with E-state index in [-0.39, 0.29) is 10.9 Å². The van der Waals surface area contributed by atoms with Crippen LogP contribution in [0.3, 0.4) is 0 Å². The molecule has 1 aromatic carbocycles. The van der Waals surface area contributed by atoms with Gasteiger partial charge in [0.2, 0.25) is 0 Å². The highest BCUT2D eigenvalue weighted by Crippen LogP contribution is 2.48. The SMILES string of the molecule is CC(C)CN1Cc2c(c(S(=O)(=O)O)cc3c2C(N)CC3O)C=C1C1CC1. The Morgan fingerprint density at radius 1 is 1.35 bits per heavy atom. The molecule has 0 spiro atoms. The van der Waals surface area contributed by atoms with Gasteiger partial charge in [-0.15, -0.1) is 0 Å². The Bertz CT molecular complexity index is 887. The van der Waals surface area contributed by atoms with Crippen molar-refractivity contribution in [3.05, 3.63) is 34.0 Å². The molecule has 142 valence electrons. The fourth-order valence-corrected chi connectivity index (χ4v) is 5.13. The summed E-state index contributed by atoms with van der Waals surface area (Å²) in [4.78, 5) is 2.21. The second-order valence-corrected chi connectivity index (χ2v) is 9.61. The van der Waals surface area contributed by atoms with Gasteiger partial charge < -0.3 is 15.7 Å². The average Bonchev–Trinajstić information content (AvgIpc) is 3.31. The lowest BCUT2D eigenvalue weighted by Crippen LogP contribution is -2.32. The van der Waals surface area contributed by atoms with Crippen molar-refractivity contribution in [3.8, 4) is 0 Å². The molecule has 1 heterocycles. The van der Waals surface area contributed by atoms with E-state index in [1.165, 1.54) is 6.07 Å². The maximum absolute atomic E-state index is 12.0. The molecular weight excluding hydrogens is 352 g/mol. The van der Waals surface area contributed by atoms with Crippen LogP contribution in [0.1, 0.15) is 67.5 Å². The number of nitrogens with two attached hydrogens (primary N) is 1. The molecule has 1 aromatic rings. The largest absolute Gasteiger partial charge is 0.388 e. The van der Waals surface area contributed by atoms with E-state index in [1.54, 1.807) is 0 Å². The number of aliphatic hydroxyl groups excluding tert-OH is 1. The van der Waals surface area contributed by atoms with Crippen LogP contribution in [0, 0.1) is 11.8 Å². The van der Waals surface area contributed by atoms with Gasteiger partial charge in [-0.25, -0.2) is 0 Å². The van der Waals surface area contributed by atoms with Gasteiger partial charge in [-0.2, -0.15) is 8.42 Å². The van der Waals surface area contributed by atoms with Gasteiger partial charge in [-0.05, 0) is 59.9 Å². The summed E-state index contributed by atoms with van der Waals surface area (Å²) < 4.78 is 33.9. The van der Waals surface area contributed by atoms with Crippen LogP contribution in [-0.2, 0) is 16.7 Å². The smallest absolute Gasteiger partial charge is 0.295 e. The summed E-state index contributed by atoms with van der Waals surface area (Å²) in [6.07, 6.45) is 3.73. The molecule has 0 saturated heterocycles. The molecule has 1 aliphatic heterocycles. The number of nitrogens with zero attached hydrogens (tertiary/aromatic N) is 1. The van der Waals surface area contributed by atoms with Gasteiger partial charge in [0.15, 0.2) is 0 Å². The molecular formula is C19H26N2O4S. The van der Waals surface area contributed by atoms with E-state index < -0.39 is 16.2 Å². The first-order valence-electron chi connectivity index (χ1n) is 9.24. The highest BCUT2D eigenvalue weighted by molar-refractivity contribution is 7.86. The average molecular weight is 378 g/mol. The van der Waals surface area contributed by atoms with E-state index in [1.807, 2.05) is 6.08 Å². The maximum Gasteiger partial charge on any atom is 0.295 e. The summed E-state index contributed by atoms with van der Waals surface area (Å²) in [5.74, 6) is 0.930. The molecule has 4 rings (SSSR count). The molecule has 1 saturated carbocycles. The molecule has 0 radical (unpaired) electrons. The molecule has 2 aliphatic carbocycles. The Morgan fingerprint density at radius 3 is 2.62 bits per heavy atom. The molecule has 2 atom stereocenters. The second kappa shape index (κ2) is 6.05. The quantitative estimate of drug-likeness (QED) is 0.696. The zero-order valence-corrected chi connectivity index (χ0v) is 16.0. The van der Waals surface area contributed by atoms with Crippen molar-refractivity contribution in [2.75, 3.05) is 6.54 Å². The predicted octanol–water partition coefficient (Wildman–Crippen LogP) is 2.59. The van der Waals surface area contributed by atoms with Crippen molar-refractivity contribution in [2.45, 2.75) is 56.7 Å². The van der Waals surface area contributed by atoms with Crippen LogP contribution in [0.15, 0.2) is 16.7 Å². The van der Waals surface area contributed by atoms with Crippen molar-refractivity contribution in [1.29, 1.82) is 0 Å². The lowest BCUT2D eigenvalue weighted by atomic mass is 9.90. The van der Waals surface area contributed by atoms with Gasteiger partial charge >= 0.3 is 0 Å². The third-order valence-corrected chi connectivity index (χ3v) is 6.48. The topological polar surface area (TPSA) is 104 Å². The number of fused-ring (bicyclic) bond motifs is 3. The molecule has 2 unspecified atom stereocenters. The zero-order chi connectivity index (χ0) is 18.8. The normalized spacial score (nSPS) is 25.3. The molecule has 1 fully saturated rings. The molecule has 4 N–H and O–H groups in total. The summed E-state index contributed by atoms with van der Waals surface area (Å²) in [5, 5.41) is 10.3. The van der Waals surface area contributed by atoms with Crippen molar-refractivity contribution in [2.24, 2.45) is 17.6 Å². The number of allylic oxidation sites excluding steroid dienone is 1. The molecule has 26 heavy (non-hydrogen) atoms. The van der Waals surface area contributed by atoms with Crippen LogP contribution < -0.4 is 5.73 Å². The standard InChI is InChI=1S/C19H26N2O4S/c1-10(2)8-21-9-14-12(5-16(21)11-3-4-11)18(26(23,24)25)6-13-17(22)7-15(20)19(13)14/h5-6,10-11,15,17,22H,3-4,7-9,20H2,1-2H3,(H,23,24,25). The molecule has 3 aliphatic rings. The lowest BCUT2D eigenvalue weighted by molar-refractivity contribution is 0.173. The second-order valence-electron chi connectivity index (χ2n) is 8.22. The summed E-state index contributed by atoms with van der Waals surface area (Å²) >= 11 is 0. The zero-order valence-electron chi connectivity index (χ0n) is 15.1. The van der Waals surface area contributed by atoms with Gasteiger partial charge in [-0.1, -0.05) is 13.8 Å². The van der Waals surface area contributed by atoms with Crippen LogP contribution in [0.2, 0.25) is 0 Å². The Labute approximate surface area is 154 Å². The van der Waals surface area contributed by atoms with Crippen molar-refractivity contribution >= 4 is 16.2 Å². The fourth-order valence-electron chi connectivity index (χ4n) is 4.39. The van der Waals surface area contributed by atoms with Crippen molar-refractivity contribution in [3.63, 3.8) is 0 Å². The van der Waals surface area contributed by atoms with Crippen LogP contribution in [0.25, 0.3) is 6.08 Å². The van der Waals surface area contributed by atoms with Crippen molar-refractivity contribution < 1.29 is 18.1 Å². The Balaban J connectivity index is 1.95. The van der Waals surface area contributed by atoms with E-state index in [9.17, 15) is 18.1 Å². The third-order valence-electron chi connectivity index (χ3n) is 5.59. The minimum atomic E-state index is -4.39. The summed E-state index contributed by atoms with van der Waals surface area (Å²) in [7, 11) is -4.39. The van der Waals surface area contributed by atoms with Gasteiger partial charge in [0.25, 0.3) is 10.1 Å². The molecule has 0 bridgehead atoms. The Hall–Kier alpha value is -1.41. The Kier molecular flexibility index (Phi) is 4.19. The number of benzene rings is 1. The summed E-state index contributed by atoms with van der Waals surface area (Å²) in [5.41, 5.74) is 10.2. The molecule has 0 amide bonds. The maximum atomic E-state index is 12.0. The highest BCUT2D eigenvalue weighted by atomic mass is 32.2. The van der Waals surface area contributed by atoms with Crippen LogP contribution >= 0.6 is 0 Å². The minimum absolute atomic E-state index is 0.109. The van der Waals surface area contributed by atoms with E-state index >= 15 is 0 Å². The van der Waals surface area contributed by atoms with E-state index in [2.05, 4.69) is 18.7 Å². The van der Waals surface area contributed by atoms with E-state index in [4.69, 9.17) is 5.73 Å². The third kappa shape index (κ3) is 2.97. The van der Waals surface area contributed by atoms with Crippen molar-refractivity contribution in [1.82, 2.24) is 4.90 Å². The fraction of sp³-hybridized carbons (Fsp3) is 0.579. The highest BCUT2D eigenvalue weighted by Gasteiger charge is 2.39. The number of rotatable bonds is 4. The molecule has 7 heteroatoms. The predicted molar refractivity (Wildman–Crippen MR) is 98.7 cm³/mol. The number of hydrogen-bond donors (Lipinski definition) is 3. The van der Waals surface area contributed by atoms with Crippen LogP contribution in [0.4, 0.5) is 0 Å². The first-order valence-corrected chi connectivity index (χ1v) is 10.7. The van der Waals surface area contributed by atoms with E-state index in [0.29, 0.717) is 35.9 Å². The van der Waals surface area contributed by atoms with Crippen LogP contribution in [-0.4, -0.2) is 29.5 Å². The minimum Gasteiger partial charge on any atom is -0.388 e. The van der Waals surface area contributed by atoms with Gasteiger partial charge in [0.05, 0.1) is 6.10 Å². The number of hydrogen-bond acceptors (Lipinski definition) is 5. The number of aliphatic hydroxyl groups is 1. The first-order chi connectivity index (χ1) is 12.2. The molecule has 0 aromatic heterocycles. The van der Waals surface area contributed by atoms with Gasteiger partial charge in [-0.3, -0.25) is 4.55 Å².